The Hall–Kier alpha value is -2.57. The zero-order valence-corrected chi connectivity index (χ0v) is 15.6. The molecule has 0 bridgehead atoms. The molecule has 132 valence electrons. The summed E-state index contributed by atoms with van der Waals surface area (Å²) < 4.78 is 37.1. The molecule has 4 rings (SSSR count). The number of para-hydroxylation sites is 1. The largest absolute Gasteiger partial charge is 0.452 e. The van der Waals surface area contributed by atoms with Crippen LogP contribution in [0.2, 0.25) is 0 Å². The van der Waals surface area contributed by atoms with Crippen molar-refractivity contribution in [1.29, 1.82) is 0 Å². The van der Waals surface area contributed by atoms with E-state index in [0.29, 0.717) is 17.9 Å². The van der Waals surface area contributed by atoms with Gasteiger partial charge in [0.05, 0.1) is 4.88 Å². The highest BCUT2D eigenvalue weighted by Gasteiger charge is 2.28. The Morgan fingerprint density at radius 3 is 2.65 bits per heavy atom. The zero-order chi connectivity index (χ0) is 18.1. The van der Waals surface area contributed by atoms with Gasteiger partial charge in [-0.05, 0) is 42.1 Å². The number of hydrogen-bond donors (Lipinski definition) is 0. The van der Waals surface area contributed by atoms with Crippen LogP contribution in [0.3, 0.4) is 0 Å². The molecule has 0 aliphatic carbocycles. The van der Waals surface area contributed by atoms with Gasteiger partial charge in [0.1, 0.15) is 10.6 Å². The number of hydrogen-bond acceptors (Lipinski definition) is 5. The molecule has 2 heterocycles. The fourth-order valence-electron chi connectivity index (χ4n) is 2.78. The second kappa shape index (κ2) is 6.63. The molecule has 6 heteroatoms. The molecule has 0 radical (unpaired) electrons. The van der Waals surface area contributed by atoms with Gasteiger partial charge in [-0.2, -0.15) is 8.42 Å². The lowest BCUT2D eigenvalue weighted by Gasteiger charge is -2.22. The van der Waals surface area contributed by atoms with E-state index >= 15 is 0 Å². The Morgan fingerprint density at radius 2 is 1.88 bits per heavy atom. The molecule has 0 saturated carbocycles. The number of aryl methyl sites for hydroxylation is 1. The molecular formula is C20H16O4S2. The molecule has 4 nitrogen and oxygen atoms in total. The van der Waals surface area contributed by atoms with Gasteiger partial charge in [0.2, 0.25) is 0 Å². The first kappa shape index (κ1) is 16.9. The summed E-state index contributed by atoms with van der Waals surface area (Å²) in [7, 11) is -3.94. The van der Waals surface area contributed by atoms with Gasteiger partial charge in [-0.15, -0.1) is 11.3 Å². The third-order valence-electron chi connectivity index (χ3n) is 4.02. The Labute approximate surface area is 156 Å². The number of fused-ring (bicyclic) bond motifs is 1. The predicted molar refractivity (Wildman–Crippen MR) is 101 cm³/mol. The SMILES string of the molecule is Cc1cccc(S(=O)(=O)OC2=C(c3cccs3)Oc3ccccc3C2)c1. The van der Waals surface area contributed by atoms with Crippen LogP contribution in [0.25, 0.3) is 5.76 Å². The molecule has 1 aliphatic rings. The van der Waals surface area contributed by atoms with E-state index in [1.54, 1.807) is 12.1 Å². The Kier molecular flexibility index (Phi) is 4.30. The monoisotopic (exact) mass is 384 g/mol. The van der Waals surface area contributed by atoms with Crippen LogP contribution in [0.1, 0.15) is 16.0 Å². The molecule has 0 unspecified atom stereocenters. The van der Waals surface area contributed by atoms with Gasteiger partial charge in [0.15, 0.2) is 11.5 Å². The topological polar surface area (TPSA) is 52.6 Å². The molecule has 0 N–H and O–H groups in total. The fourth-order valence-corrected chi connectivity index (χ4v) is 4.58. The standard InChI is InChI=1S/C20H16O4S2/c1-14-6-4-8-16(12-14)26(21,22)24-18-13-15-7-2-3-9-17(15)23-20(18)19-10-5-11-25-19/h2-12H,13H2,1H3. The highest BCUT2D eigenvalue weighted by Crippen LogP contribution is 2.37. The third-order valence-corrected chi connectivity index (χ3v) is 6.14. The van der Waals surface area contributed by atoms with Crippen LogP contribution in [0.5, 0.6) is 5.75 Å². The molecular weight excluding hydrogens is 368 g/mol. The fraction of sp³-hybridized carbons (Fsp3) is 0.100. The van der Waals surface area contributed by atoms with E-state index in [1.165, 1.54) is 17.4 Å². The summed E-state index contributed by atoms with van der Waals surface area (Å²) in [5.74, 6) is 1.47. The Balaban J connectivity index is 1.76. The number of benzene rings is 2. The number of ether oxygens (including phenoxy) is 1. The predicted octanol–water partition coefficient (Wildman–Crippen LogP) is 4.77. The van der Waals surface area contributed by atoms with E-state index in [9.17, 15) is 8.42 Å². The van der Waals surface area contributed by atoms with Gasteiger partial charge in [-0.1, -0.05) is 36.4 Å². The van der Waals surface area contributed by atoms with Crippen molar-refractivity contribution >= 4 is 27.2 Å². The minimum absolute atomic E-state index is 0.134. The molecule has 0 fully saturated rings. The lowest BCUT2D eigenvalue weighted by molar-refractivity contribution is 0.366. The lowest BCUT2D eigenvalue weighted by Crippen LogP contribution is -2.15. The second-order valence-corrected chi connectivity index (χ2v) is 8.46. The summed E-state index contributed by atoms with van der Waals surface area (Å²) >= 11 is 1.47. The van der Waals surface area contributed by atoms with Crippen molar-refractivity contribution in [3.63, 3.8) is 0 Å². The van der Waals surface area contributed by atoms with Gasteiger partial charge >= 0.3 is 10.1 Å². The van der Waals surface area contributed by atoms with Crippen LogP contribution >= 0.6 is 11.3 Å². The zero-order valence-electron chi connectivity index (χ0n) is 14.0. The summed E-state index contributed by atoms with van der Waals surface area (Å²) in [5.41, 5.74) is 1.75. The van der Waals surface area contributed by atoms with Gasteiger partial charge in [-0.25, -0.2) is 0 Å². The highest BCUT2D eigenvalue weighted by molar-refractivity contribution is 7.86. The Morgan fingerprint density at radius 1 is 1.04 bits per heavy atom. The normalized spacial score (nSPS) is 13.9. The van der Waals surface area contributed by atoms with E-state index in [4.69, 9.17) is 8.92 Å². The first-order chi connectivity index (χ1) is 12.5. The van der Waals surface area contributed by atoms with Crippen molar-refractivity contribution in [2.45, 2.75) is 18.2 Å². The quantitative estimate of drug-likeness (QED) is 0.608. The molecule has 1 aromatic heterocycles. The minimum Gasteiger partial charge on any atom is -0.452 e. The average molecular weight is 384 g/mol. The van der Waals surface area contributed by atoms with Gasteiger partial charge in [0.25, 0.3) is 0 Å². The molecule has 3 aromatic rings. The van der Waals surface area contributed by atoms with E-state index in [0.717, 1.165) is 21.8 Å². The third kappa shape index (κ3) is 3.25. The summed E-state index contributed by atoms with van der Waals surface area (Å²) in [6, 6.07) is 18.0. The van der Waals surface area contributed by atoms with Gasteiger partial charge in [-0.3, -0.25) is 0 Å². The van der Waals surface area contributed by atoms with Gasteiger partial charge < -0.3 is 8.92 Å². The maximum Gasteiger partial charge on any atom is 0.339 e. The van der Waals surface area contributed by atoms with Crippen molar-refractivity contribution in [1.82, 2.24) is 0 Å². The maximum absolute atomic E-state index is 12.8. The second-order valence-electron chi connectivity index (χ2n) is 5.97. The summed E-state index contributed by atoms with van der Waals surface area (Å²) in [4.78, 5) is 0.961. The van der Waals surface area contributed by atoms with Gasteiger partial charge in [0, 0.05) is 12.0 Å². The molecule has 0 amide bonds. The summed E-state index contributed by atoms with van der Waals surface area (Å²) in [5, 5.41) is 1.92. The van der Waals surface area contributed by atoms with Crippen molar-refractivity contribution in [3.8, 4) is 5.75 Å². The van der Waals surface area contributed by atoms with Crippen LogP contribution in [0.15, 0.2) is 76.7 Å². The van der Waals surface area contributed by atoms with E-state index in [2.05, 4.69) is 0 Å². The highest BCUT2D eigenvalue weighted by atomic mass is 32.2. The van der Waals surface area contributed by atoms with Crippen LogP contribution in [0, 0.1) is 6.92 Å². The molecule has 26 heavy (non-hydrogen) atoms. The van der Waals surface area contributed by atoms with Crippen molar-refractivity contribution < 1.29 is 17.3 Å². The van der Waals surface area contributed by atoms with Crippen molar-refractivity contribution in [2.75, 3.05) is 0 Å². The summed E-state index contributed by atoms with van der Waals surface area (Å²) in [6.45, 7) is 1.84. The van der Waals surface area contributed by atoms with E-state index in [-0.39, 0.29) is 4.90 Å². The molecule has 0 atom stereocenters. The van der Waals surface area contributed by atoms with Crippen LogP contribution in [-0.4, -0.2) is 8.42 Å². The smallest absolute Gasteiger partial charge is 0.339 e. The molecule has 0 spiro atoms. The minimum atomic E-state index is -3.94. The molecule has 2 aromatic carbocycles. The Bertz CT molecular complexity index is 1080. The van der Waals surface area contributed by atoms with Crippen LogP contribution in [0.4, 0.5) is 0 Å². The first-order valence-corrected chi connectivity index (χ1v) is 10.4. The van der Waals surface area contributed by atoms with Crippen molar-refractivity contribution in [2.24, 2.45) is 0 Å². The van der Waals surface area contributed by atoms with E-state index in [1.807, 2.05) is 54.8 Å². The van der Waals surface area contributed by atoms with Crippen LogP contribution in [-0.2, 0) is 20.7 Å². The first-order valence-electron chi connectivity index (χ1n) is 8.07. The molecule has 1 aliphatic heterocycles. The van der Waals surface area contributed by atoms with E-state index < -0.39 is 10.1 Å². The number of thiophene rings is 1. The maximum atomic E-state index is 12.8. The number of allylic oxidation sites excluding steroid dienone is 1. The van der Waals surface area contributed by atoms with Crippen molar-refractivity contribution in [3.05, 3.63) is 87.8 Å². The van der Waals surface area contributed by atoms with Crippen LogP contribution < -0.4 is 4.74 Å². The number of rotatable bonds is 4. The molecule has 0 saturated heterocycles. The lowest BCUT2D eigenvalue weighted by atomic mass is 10.1. The summed E-state index contributed by atoms with van der Waals surface area (Å²) in [6.07, 6.45) is 0.356. The average Bonchev–Trinajstić information content (AvgIpc) is 3.15.